The van der Waals surface area contributed by atoms with Crippen LogP contribution in [-0.2, 0) is 0 Å². The van der Waals surface area contributed by atoms with Crippen molar-refractivity contribution in [2.75, 3.05) is 0 Å². The fraction of sp³-hybridized carbons (Fsp3) is 0. The maximum absolute atomic E-state index is 7.88. The third-order valence-corrected chi connectivity index (χ3v) is 3.03. The summed E-state index contributed by atoms with van der Waals surface area (Å²) < 4.78 is 29.5. The number of hydrogen-bond acceptors (Lipinski definition) is 1. The Morgan fingerprint density at radius 1 is 1.27 bits per heavy atom. The van der Waals surface area contributed by atoms with E-state index in [9.17, 15) is 0 Å². The molecule has 1 aromatic heterocycles. The molecule has 3 aromatic rings. The maximum atomic E-state index is 7.88. The number of furan rings is 1. The van der Waals surface area contributed by atoms with Gasteiger partial charge >= 0.3 is 0 Å². The summed E-state index contributed by atoms with van der Waals surface area (Å²) in [6, 6.07) is 5.28. The maximum Gasteiger partial charge on any atom is 0.136 e. The van der Waals surface area contributed by atoms with Gasteiger partial charge in [0.15, 0.2) is 0 Å². The number of halogens is 2. The molecule has 0 aliphatic heterocycles. The molecule has 0 spiro atoms. The monoisotopic (exact) mass is 283 g/mol. The van der Waals surface area contributed by atoms with Gasteiger partial charge in [0.2, 0.25) is 0 Å². The van der Waals surface area contributed by atoms with Crippen LogP contribution in [0.5, 0.6) is 0 Å². The van der Waals surface area contributed by atoms with Gasteiger partial charge in [0.05, 0.1) is 4.11 Å². The zero-order valence-electron chi connectivity index (χ0n) is 10.4. The minimum Gasteiger partial charge on any atom is -0.456 e. The molecule has 1 heterocycles. The lowest BCUT2D eigenvalue weighted by atomic mass is 10.1. The Kier molecular flexibility index (Phi) is 1.42. The van der Waals surface area contributed by atoms with E-state index in [2.05, 4.69) is 15.9 Å². The van der Waals surface area contributed by atoms with Gasteiger partial charge in [0.25, 0.3) is 0 Å². The van der Waals surface area contributed by atoms with E-state index in [1.807, 2.05) is 0 Å². The predicted molar refractivity (Wildman–Crippen MR) is 66.4 cm³/mol. The molecule has 0 saturated heterocycles. The summed E-state index contributed by atoms with van der Waals surface area (Å²) in [4.78, 5) is 0. The lowest BCUT2D eigenvalue weighted by Gasteiger charge is -1.92. The molecule has 15 heavy (non-hydrogen) atoms. The molecule has 0 N–H and O–H groups in total. The fourth-order valence-corrected chi connectivity index (χ4v) is 2.25. The van der Waals surface area contributed by atoms with Crippen LogP contribution in [0.1, 0.15) is 4.11 Å². The third kappa shape index (κ3) is 1.36. The van der Waals surface area contributed by atoms with E-state index in [-0.39, 0.29) is 17.1 Å². The fourth-order valence-electron chi connectivity index (χ4n) is 1.57. The van der Waals surface area contributed by atoms with Gasteiger partial charge in [-0.2, -0.15) is 0 Å². The van der Waals surface area contributed by atoms with Gasteiger partial charge in [-0.05, 0) is 24.2 Å². The molecule has 0 atom stereocenters. The lowest BCUT2D eigenvalue weighted by molar-refractivity contribution is 0.669. The van der Waals surface area contributed by atoms with E-state index in [4.69, 9.17) is 20.1 Å². The summed E-state index contributed by atoms with van der Waals surface area (Å²) in [7, 11) is 0. The van der Waals surface area contributed by atoms with Crippen molar-refractivity contribution in [2.45, 2.75) is 0 Å². The molecule has 0 aliphatic carbocycles. The van der Waals surface area contributed by atoms with E-state index in [1.165, 1.54) is 0 Å². The number of rotatable bonds is 0. The van der Waals surface area contributed by atoms with Crippen molar-refractivity contribution in [2.24, 2.45) is 0 Å². The average Bonchev–Trinajstić information content (AvgIpc) is 2.70. The van der Waals surface area contributed by atoms with E-state index in [1.54, 1.807) is 18.2 Å². The second-order valence-corrected chi connectivity index (χ2v) is 4.27. The summed E-state index contributed by atoms with van der Waals surface area (Å²) in [6.45, 7) is 0. The Morgan fingerprint density at radius 3 is 3.00 bits per heavy atom. The third-order valence-electron chi connectivity index (χ3n) is 2.20. The van der Waals surface area contributed by atoms with Crippen molar-refractivity contribution in [3.63, 3.8) is 0 Å². The van der Waals surface area contributed by atoms with Crippen molar-refractivity contribution in [3.8, 4) is 0 Å². The predicted octanol–water partition coefficient (Wildman–Crippen LogP) is 5.00. The zero-order valence-corrected chi connectivity index (χ0v) is 9.74. The largest absolute Gasteiger partial charge is 0.456 e. The standard InChI is InChI=1S/C12H6BrClO/c13-9-2-1-3-10-12(9)8-5-4-7(14)6-11(8)15-10/h1-6H/i2D,4D,6D. The molecule has 0 fully saturated rings. The van der Waals surface area contributed by atoms with Crippen molar-refractivity contribution in [1.82, 2.24) is 0 Å². The van der Waals surface area contributed by atoms with Gasteiger partial charge in [0, 0.05) is 26.3 Å². The number of fused-ring (bicyclic) bond motifs is 3. The highest BCUT2D eigenvalue weighted by atomic mass is 79.9. The molecule has 0 saturated carbocycles. The molecular formula is C12H6BrClO. The second kappa shape index (κ2) is 3.26. The van der Waals surface area contributed by atoms with Gasteiger partial charge in [-0.3, -0.25) is 0 Å². The summed E-state index contributed by atoms with van der Waals surface area (Å²) in [5.74, 6) is 0. The highest BCUT2D eigenvalue weighted by Gasteiger charge is 2.09. The van der Waals surface area contributed by atoms with Gasteiger partial charge in [0.1, 0.15) is 11.2 Å². The van der Waals surface area contributed by atoms with Crippen LogP contribution in [0.15, 0.2) is 45.2 Å². The van der Waals surface area contributed by atoms with Crippen LogP contribution in [0.2, 0.25) is 5.02 Å². The first-order chi connectivity index (χ1) is 8.50. The summed E-state index contributed by atoms with van der Waals surface area (Å²) in [6.07, 6.45) is 0. The smallest absolute Gasteiger partial charge is 0.136 e. The molecule has 1 nitrogen and oxygen atoms in total. The minimum absolute atomic E-state index is 0.00815. The lowest BCUT2D eigenvalue weighted by Crippen LogP contribution is -1.68. The van der Waals surface area contributed by atoms with Crippen molar-refractivity contribution in [3.05, 3.63) is 45.8 Å². The Morgan fingerprint density at radius 2 is 2.13 bits per heavy atom. The Bertz CT molecular complexity index is 797. The van der Waals surface area contributed by atoms with Gasteiger partial charge < -0.3 is 4.42 Å². The van der Waals surface area contributed by atoms with Crippen LogP contribution in [-0.4, -0.2) is 0 Å². The molecule has 0 aliphatic rings. The van der Waals surface area contributed by atoms with E-state index in [0.29, 0.717) is 32.5 Å². The van der Waals surface area contributed by atoms with Crippen LogP contribution in [0.4, 0.5) is 0 Å². The normalized spacial score (nSPS) is 14.1. The molecule has 0 amide bonds. The molecule has 0 radical (unpaired) electrons. The molecular weight excluding hydrogens is 275 g/mol. The molecule has 3 heteroatoms. The van der Waals surface area contributed by atoms with Crippen LogP contribution in [0.25, 0.3) is 21.9 Å². The van der Waals surface area contributed by atoms with Crippen LogP contribution in [0.3, 0.4) is 0 Å². The highest BCUT2D eigenvalue weighted by molar-refractivity contribution is 9.10. The van der Waals surface area contributed by atoms with Crippen LogP contribution in [0, 0.1) is 0 Å². The van der Waals surface area contributed by atoms with Gasteiger partial charge in [-0.25, -0.2) is 0 Å². The first-order valence-corrected chi connectivity index (χ1v) is 5.45. The molecule has 3 rings (SSSR count). The number of hydrogen-bond donors (Lipinski definition) is 0. The Balaban J connectivity index is 2.62. The molecule has 2 aromatic carbocycles. The van der Waals surface area contributed by atoms with Crippen molar-refractivity contribution in [1.29, 1.82) is 0 Å². The first kappa shape index (κ1) is 6.56. The molecule has 74 valence electrons. The number of benzene rings is 2. The Hall–Kier alpha value is -0.990. The first-order valence-electron chi connectivity index (χ1n) is 5.77. The van der Waals surface area contributed by atoms with Gasteiger partial charge in [-0.15, -0.1) is 0 Å². The van der Waals surface area contributed by atoms with Crippen LogP contribution < -0.4 is 0 Å². The van der Waals surface area contributed by atoms with E-state index >= 15 is 0 Å². The second-order valence-electron chi connectivity index (χ2n) is 3.10. The summed E-state index contributed by atoms with van der Waals surface area (Å²) in [5.41, 5.74) is 0.917. The average molecular weight is 285 g/mol. The molecule has 0 unspecified atom stereocenters. The molecule has 0 bridgehead atoms. The SMILES string of the molecule is [2H]c1cc2c(oc3ccc([2H])c(Br)c32)c([2H])c1Cl. The van der Waals surface area contributed by atoms with Crippen LogP contribution >= 0.6 is 27.5 Å². The van der Waals surface area contributed by atoms with Gasteiger partial charge in [-0.1, -0.05) is 33.6 Å². The quantitative estimate of drug-likeness (QED) is 0.566. The summed E-state index contributed by atoms with van der Waals surface area (Å²) in [5, 5.41) is 1.41. The summed E-state index contributed by atoms with van der Waals surface area (Å²) >= 11 is 9.22. The van der Waals surface area contributed by atoms with E-state index in [0.717, 1.165) is 0 Å². The van der Waals surface area contributed by atoms with Crippen molar-refractivity contribution < 1.29 is 8.53 Å². The topological polar surface area (TPSA) is 13.1 Å². The van der Waals surface area contributed by atoms with Crippen molar-refractivity contribution >= 4 is 49.5 Å². The zero-order chi connectivity index (χ0) is 13.0. The Labute approximate surface area is 104 Å². The highest BCUT2D eigenvalue weighted by Crippen LogP contribution is 2.34. The van der Waals surface area contributed by atoms with E-state index < -0.39 is 0 Å². The minimum atomic E-state index is 0.00815.